The average molecular weight is 259 g/mol. The number of rotatable bonds is 5. The molecule has 0 aromatic heterocycles. The van der Waals surface area contributed by atoms with Crippen LogP contribution in [0, 0.1) is 5.82 Å². The summed E-state index contributed by atoms with van der Waals surface area (Å²) in [7, 11) is 0. The Morgan fingerprint density at radius 3 is 2.53 bits per heavy atom. The van der Waals surface area contributed by atoms with Gasteiger partial charge in [0.05, 0.1) is 6.54 Å². The number of carbonyl (C=O) groups is 1. The summed E-state index contributed by atoms with van der Waals surface area (Å²) < 4.78 is 19.1. The molecule has 3 nitrogen and oxygen atoms in total. The number of ether oxygens (including phenoxy) is 1. The minimum Gasteiger partial charge on any atom is -0.486 e. The van der Waals surface area contributed by atoms with E-state index in [2.05, 4.69) is 0 Å². The first-order valence-corrected chi connectivity index (χ1v) is 5.90. The smallest absolute Gasteiger partial charge is 0.176 e. The van der Waals surface area contributed by atoms with Gasteiger partial charge in [0, 0.05) is 5.56 Å². The number of benzene rings is 2. The number of Topliss-reactive ketones (excluding diaryl/α,β-unsaturated/α-hetero) is 1. The maximum Gasteiger partial charge on any atom is 0.176 e. The van der Waals surface area contributed by atoms with Crippen molar-refractivity contribution < 1.29 is 13.9 Å². The van der Waals surface area contributed by atoms with E-state index in [4.69, 9.17) is 10.5 Å². The standard InChI is InChI=1S/C15H14FNO2/c16-13-8-12(14(18)9-17)6-7-15(13)19-10-11-4-2-1-3-5-11/h1-8H,9-10,17H2. The monoisotopic (exact) mass is 259 g/mol. The second-order valence-electron chi connectivity index (χ2n) is 4.05. The molecule has 0 saturated heterocycles. The number of halogens is 1. The molecule has 4 heteroatoms. The first kappa shape index (κ1) is 13.2. The normalized spacial score (nSPS) is 10.2. The summed E-state index contributed by atoms with van der Waals surface area (Å²) in [6.07, 6.45) is 0. The molecule has 2 aromatic rings. The Morgan fingerprint density at radius 2 is 1.89 bits per heavy atom. The molecule has 0 radical (unpaired) electrons. The van der Waals surface area contributed by atoms with Gasteiger partial charge in [0.1, 0.15) is 6.61 Å². The third kappa shape index (κ3) is 3.39. The highest BCUT2D eigenvalue weighted by atomic mass is 19.1. The summed E-state index contributed by atoms with van der Waals surface area (Å²) >= 11 is 0. The number of hydrogen-bond donors (Lipinski definition) is 1. The summed E-state index contributed by atoms with van der Waals surface area (Å²) in [5.74, 6) is -0.735. The molecule has 0 saturated carbocycles. The zero-order valence-electron chi connectivity index (χ0n) is 10.3. The molecule has 2 rings (SSSR count). The van der Waals surface area contributed by atoms with Crippen LogP contribution in [0.25, 0.3) is 0 Å². The van der Waals surface area contributed by atoms with Gasteiger partial charge in [0.15, 0.2) is 17.3 Å². The molecule has 0 aliphatic heterocycles. The third-order valence-electron chi connectivity index (χ3n) is 2.68. The Kier molecular flexibility index (Phi) is 4.26. The lowest BCUT2D eigenvalue weighted by Gasteiger charge is -2.08. The van der Waals surface area contributed by atoms with Crippen molar-refractivity contribution in [2.24, 2.45) is 5.73 Å². The lowest BCUT2D eigenvalue weighted by atomic mass is 10.1. The Bertz CT molecular complexity index is 570. The second kappa shape index (κ2) is 6.11. The number of carbonyl (C=O) groups excluding carboxylic acids is 1. The molecule has 0 atom stereocenters. The highest BCUT2D eigenvalue weighted by Gasteiger charge is 2.09. The zero-order chi connectivity index (χ0) is 13.7. The minimum atomic E-state index is -0.560. The van der Waals surface area contributed by atoms with Crippen molar-refractivity contribution in [3.05, 3.63) is 65.5 Å². The van der Waals surface area contributed by atoms with E-state index in [1.165, 1.54) is 12.1 Å². The van der Waals surface area contributed by atoms with Crippen molar-refractivity contribution in [2.45, 2.75) is 6.61 Å². The van der Waals surface area contributed by atoms with Gasteiger partial charge in [-0.05, 0) is 23.8 Å². The lowest BCUT2D eigenvalue weighted by molar-refractivity contribution is 0.100. The summed E-state index contributed by atoms with van der Waals surface area (Å²) in [5.41, 5.74) is 6.43. The summed E-state index contributed by atoms with van der Waals surface area (Å²) in [6.45, 7) is 0.144. The zero-order valence-corrected chi connectivity index (χ0v) is 10.3. The molecule has 0 aliphatic carbocycles. The summed E-state index contributed by atoms with van der Waals surface area (Å²) in [5, 5.41) is 0. The lowest BCUT2D eigenvalue weighted by Crippen LogP contribution is -2.13. The summed E-state index contributed by atoms with van der Waals surface area (Å²) in [4.78, 5) is 11.3. The van der Waals surface area contributed by atoms with Gasteiger partial charge < -0.3 is 10.5 Å². The van der Waals surface area contributed by atoms with Gasteiger partial charge in [0.25, 0.3) is 0 Å². The van der Waals surface area contributed by atoms with Crippen LogP contribution in [0.5, 0.6) is 5.75 Å². The second-order valence-corrected chi connectivity index (χ2v) is 4.05. The maximum absolute atomic E-state index is 13.7. The topological polar surface area (TPSA) is 52.3 Å². The molecular formula is C15H14FNO2. The van der Waals surface area contributed by atoms with E-state index in [0.717, 1.165) is 11.6 Å². The summed E-state index contributed by atoms with van der Waals surface area (Å²) in [6, 6.07) is 13.6. The Hall–Kier alpha value is -2.20. The maximum atomic E-state index is 13.7. The van der Waals surface area contributed by atoms with Crippen LogP contribution in [0.3, 0.4) is 0 Å². The number of nitrogens with two attached hydrogens (primary N) is 1. The van der Waals surface area contributed by atoms with Gasteiger partial charge in [-0.2, -0.15) is 0 Å². The Labute approximate surface area is 110 Å². The van der Waals surface area contributed by atoms with Crippen LogP contribution < -0.4 is 10.5 Å². The molecule has 0 amide bonds. The van der Waals surface area contributed by atoms with E-state index < -0.39 is 5.82 Å². The minimum absolute atomic E-state index is 0.123. The van der Waals surface area contributed by atoms with Gasteiger partial charge in [0.2, 0.25) is 0 Å². The predicted octanol–water partition coefficient (Wildman–Crippen LogP) is 2.55. The van der Waals surface area contributed by atoms with Crippen molar-refractivity contribution in [1.29, 1.82) is 0 Å². The van der Waals surface area contributed by atoms with Gasteiger partial charge in [-0.15, -0.1) is 0 Å². The Balaban J connectivity index is 2.07. The van der Waals surface area contributed by atoms with Gasteiger partial charge in [-0.25, -0.2) is 4.39 Å². The SMILES string of the molecule is NCC(=O)c1ccc(OCc2ccccc2)c(F)c1. The average Bonchev–Trinajstić information content (AvgIpc) is 2.46. The van der Waals surface area contributed by atoms with Crippen LogP contribution in [0.4, 0.5) is 4.39 Å². The molecule has 0 spiro atoms. The van der Waals surface area contributed by atoms with Crippen molar-refractivity contribution in [2.75, 3.05) is 6.54 Å². The van der Waals surface area contributed by atoms with Gasteiger partial charge >= 0.3 is 0 Å². The molecule has 2 N–H and O–H groups in total. The fourth-order valence-electron chi connectivity index (χ4n) is 1.64. The van der Waals surface area contributed by atoms with Crippen molar-refractivity contribution >= 4 is 5.78 Å². The van der Waals surface area contributed by atoms with E-state index in [0.29, 0.717) is 0 Å². The Morgan fingerprint density at radius 1 is 1.16 bits per heavy atom. The molecule has 19 heavy (non-hydrogen) atoms. The van der Waals surface area contributed by atoms with Crippen LogP contribution >= 0.6 is 0 Å². The van der Waals surface area contributed by atoms with E-state index in [-0.39, 0.29) is 30.2 Å². The highest BCUT2D eigenvalue weighted by Crippen LogP contribution is 2.19. The van der Waals surface area contributed by atoms with Crippen LogP contribution in [-0.2, 0) is 6.61 Å². The van der Waals surface area contributed by atoms with Crippen LogP contribution in [0.2, 0.25) is 0 Å². The first-order valence-electron chi connectivity index (χ1n) is 5.90. The largest absolute Gasteiger partial charge is 0.486 e. The molecular weight excluding hydrogens is 245 g/mol. The first-order chi connectivity index (χ1) is 9.20. The molecule has 0 bridgehead atoms. The molecule has 0 unspecified atom stereocenters. The predicted molar refractivity (Wildman–Crippen MR) is 70.6 cm³/mol. The number of hydrogen-bond acceptors (Lipinski definition) is 3. The van der Waals surface area contributed by atoms with Crippen LogP contribution in [0.15, 0.2) is 48.5 Å². The van der Waals surface area contributed by atoms with E-state index in [1.54, 1.807) is 0 Å². The molecule has 0 aliphatic rings. The van der Waals surface area contributed by atoms with Crippen molar-refractivity contribution in [1.82, 2.24) is 0 Å². The fourth-order valence-corrected chi connectivity index (χ4v) is 1.64. The van der Waals surface area contributed by atoms with Gasteiger partial charge in [-0.3, -0.25) is 4.79 Å². The molecule has 98 valence electrons. The van der Waals surface area contributed by atoms with Crippen LogP contribution in [0.1, 0.15) is 15.9 Å². The van der Waals surface area contributed by atoms with Crippen LogP contribution in [-0.4, -0.2) is 12.3 Å². The highest BCUT2D eigenvalue weighted by molar-refractivity contribution is 5.97. The molecule has 0 heterocycles. The van der Waals surface area contributed by atoms with Gasteiger partial charge in [-0.1, -0.05) is 30.3 Å². The van der Waals surface area contributed by atoms with Crippen molar-refractivity contribution in [3.63, 3.8) is 0 Å². The van der Waals surface area contributed by atoms with E-state index in [9.17, 15) is 9.18 Å². The van der Waals surface area contributed by atoms with E-state index in [1.807, 2.05) is 30.3 Å². The molecule has 0 fully saturated rings. The van der Waals surface area contributed by atoms with Crippen molar-refractivity contribution in [3.8, 4) is 5.75 Å². The number of ketones is 1. The quantitative estimate of drug-likeness (QED) is 0.839. The fraction of sp³-hybridized carbons (Fsp3) is 0.133. The van der Waals surface area contributed by atoms with E-state index >= 15 is 0 Å². The third-order valence-corrected chi connectivity index (χ3v) is 2.68. The molecule has 2 aromatic carbocycles.